The van der Waals surface area contributed by atoms with Crippen molar-refractivity contribution in [3.63, 3.8) is 0 Å². The highest BCUT2D eigenvalue weighted by Gasteiger charge is 2.43. The van der Waals surface area contributed by atoms with Crippen LogP contribution >= 0.6 is 23.2 Å². The number of hydrogen-bond donors (Lipinski definition) is 1. The van der Waals surface area contributed by atoms with Gasteiger partial charge >= 0.3 is 0 Å². The molecule has 1 aromatic carbocycles. The zero-order valence-corrected chi connectivity index (χ0v) is 12.7. The Labute approximate surface area is 124 Å². The highest BCUT2D eigenvalue weighted by atomic mass is 35.5. The first-order chi connectivity index (χ1) is 9.13. The highest BCUT2D eigenvalue weighted by Crippen LogP contribution is 2.50. The lowest BCUT2D eigenvalue weighted by atomic mass is 9.86. The quantitative estimate of drug-likeness (QED) is 0.852. The molecule has 0 saturated heterocycles. The van der Waals surface area contributed by atoms with E-state index in [0.717, 1.165) is 37.1 Å². The minimum Gasteiger partial charge on any atom is -0.485 e. The summed E-state index contributed by atoms with van der Waals surface area (Å²) < 4.78 is 6.31. The maximum Gasteiger partial charge on any atom is 0.143 e. The lowest BCUT2D eigenvalue weighted by molar-refractivity contribution is 0.0372. The largest absolute Gasteiger partial charge is 0.485 e. The fourth-order valence-corrected chi connectivity index (χ4v) is 3.99. The van der Waals surface area contributed by atoms with Crippen LogP contribution in [0.4, 0.5) is 0 Å². The maximum atomic E-state index is 6.34. The summed E-state index contributed by atoms with van der Waals surface area (Å²) >= 11 is 12.5. The number of ether oxygens (including phenoxy) is 1. The normalized spacial score (nSPS) is 24.3. The second-order valence-electron chi connectivity index (χ2n) is 5.61. The molecule has 1 N–H and O–H groups in total. The minimum atomic E-state index is -0.0166. The zero-order valence-electron chi connectivity index (χ0n) is 11.1. The van der Waals surface area contributed by atoms with Gasteiger partial charge in [-0.25, -0.2) is 0 Å². The van der Waals surface area contributed by atoms with Crippen molar-refractivity contribution in [1.82, 2.24) is 5.32 Å². The molecule has 0 bridgehead atoms. The van der Waals surface area contributed by atoms with Gasteiger partial charge in [0.1, 0.15) is 11.4 Å². The molecular weight excluding hydrogens is 281 g/mol. The number of hydrogen-bond acceptors (Lipinski definition) is 2. The molecule has 1 atom stereocenters. The Morgan fingerprint density at radius 1 is 1.32 bits per heavy atom. The number of fused-ring (bicyclic) bond motifs is 1. The first kappa shape index (κ1) is 13.5. The lowest BCUT2D eigenvalue weighted by Crippen LogP contribution is -2.42. The topological polar surface area (TPSA) is 21.3 Å². The fourth-order valence-electron chi connectivity index (χ4n) is 3.44. The molecule has 2 nitrogen and oxygen atoms in total. The molecule has 1 spiro atoms. The van der Waals surface area contributed by atoms with Crippen molar-refractivity contribution in [3.8, 4) is 5.75 Å². The molecule has 19 heavy (non-hydrogen) atoms. The first-order valence-electron chi connectivity index (χ1n) is 7.05. The summed E-state index contributed by atoms with van der Waals surface area (Å²) in [5.74, 6) is 0.838. The first-order valence-corrected chi connectivity index (χ1v) is 7.80. The standard InChI is InChI=1S/C15H19Cl2NO/c1-2-18-13-9-15(5-3-4-6-15)19-14-11(13)7-10(16)8-12(14)17/h7-8,13,18H,2-6,9H2,1H3. The SMILES string of the molecule is CCNC1CC2(CCCC2)Oc2c(Cl)cc(Cl)cc21. The van der Waals surface area contributed by atoms with E-state index in [9.17, 15) is 0 Å². The van der Waals surface area contributed by atoms with E-state index in [1.165, 1.54) is 12.8 Å². The molecule has 4 heteroatoms. The molecule has 1 unspecified atom stereocenters. The highest BCUT2D eigenvalue weighted by molar-refractivity contribution is 6.35. The Morgan fingerprint density at radius 2 is 2.05 bits per heavy atom. The molecule has 1 aliphatic heterocycles. The molecule has 1 saturated carbocycles. The van der Waals surface area contributed by atoms with Gasteiger partial charge < -0.3 is 10.1 Å². The van der Waals surface area contributed by atoms with Crippen LogP contribution in [0.25, 0.3) is 0 Å². The molecule has 1 aromatic rings. The van der Waals surface area contributed by atoms with Crippen molar-refractivity contribution in [2.75, 3.05) is 6.54 Å². The summed E-state index contributed by atoms with van der Waals surface area (Å²) in [6, 6.07) is 4.06. The third kappa shape index (κ3) is 2.46. The van der Waals surface area contributed by atoms with Crippen LogP contribution < -0.4 is 10.1 Å². The van der Waals surface area contributed by atoms with Crippen LogP contribution in [-0.2, 0) is 0 Å². The Kier molecular flexibility index (Phi) is 3.67. The van der Waals surface area contributed by atoms with Crippen molar-refractivity contribution in [3.05, 3.63) is 27.7 Å². The Balaban J connectivity index is 2.03. The van der Waals surface area contributed by atoms with Gasteiger partial charge in [-0.1, -0.05) is 30.1 Å². The van der Waals surface area contributed by atoms with Crippen molar-refractivity contribution >= 4 is 23.2 Å². The second kappa shape index (κ2) is 5.16. The van der Waals surface area contributed by atoms with Crippen LogP contribution in [0.1, 0.15) is 50.6 Å². The minimum absolute atomic E-state index is 0.0166. The molecule has 0 amide bonds. The van der Waals surface area contributed by atoms with Crippen LogP contribution in [-0.4, -0.2) is 12.1 Å². The van der Waals surface area contributed by atoms with E-state index in [0.29, 0.717) is 16.1 Å². The molecule has 1 heterocycles. The van der Waals surface area contributed by atoms with Crippen LogP contribution in [0.15, 0.2) is 12.1 Å². The van der Waals surface area contributed by atoms with Crippen molar-refractivity contribution in [1.29, 1.82) is 0 Å². The van der Waals surface area contributed by atoms with Gasteiger partial charge in [-0.15, -0.1) is 0 Å². The van der Waals surface area contributed by atoms with Gasteiger partial charge in [0.05, 0.1) is 5.02 Å². The van der Waals surface area contributed by atoms with Gasteiger partial charge in [0.25, 0.3) is 0 Å². The number of benzene rings is 1. The maximum absolute atomic E-state index is 6.34. The number of rotatable bonds is 2. The molecular formula is C15H19Cl2NO. The average molecular weight is 300 g/mol. The van der Waals surface area contributed by atoms with E-state index in [4.69, 9.17) is 27.9 Å². The van der Waals surface area contributed by atoms with Crippen LogP contribution in [0.2, 0.25) is 10.0 Å². The van der Waals surface area contributed by atoms with Gasteiger partial charge in [0.15, 0.2) is 0 Å². The molecule has 3 rings (SSSR count). The summed E-state index contributed by atoms with van der Waals surface area (Å²) in [5, 5.41) is 4.86. The second-order valence-corrected chi connectivity index (χ2v) is 6.46. The molecule has 1 fully saturated rings. The molecule has 0 radical (unpaired) electrons. The molecule has 104 valence electrons. The fraction of sp³-hybridized carbons (Fsp3) is 0.600. The average Bonchev–Trinajstić information content (AvgIpc) is 2.80. The van der Waals surface area contributed by atoms with Crippen molar-refractivity contribution in [2.24, 2.45) is 0 Å². The number of nitrogens with one attached hydrogen (secondary N) is 1. The van der Waals surface area contributed by atoms with Gasteiger partial charge in [-0.3, -0.25) is 0 Å². The summed E-state index contributed by atoms with van der Waals surface area (Å²) in [5.41, 5.74) is 1.09. The summed E-state index contributed by atoms with van der Waals surface area (Å²) in [6.45, 7) is 3.06. The lowest BCUT2D eigenvalue weighted by Gasteiger charge is -2.40. The molecule has 2 aliphatic rings. The zero-order chi connectivity index (χ0) is 13.5. The van der Waals surface area contributed by atoms with E-state index in [1.54, 1.807) is 6.07 Å². The predicted molar refractivity (Wildman–Crippen MR) is 79.3 cm³/mol. The third-order valence-electron chi connectivity index (χ3n) is 4.27. The van der Waals surface area contributed by atoms with Gasteiger partial charge in [-0.05, 0) is 44.4 Å². The molecule has 1 aliphatic carbocycles. The van der Waals surface area contributed by atoms with E-state index < -0.39 is 0 Å². The third-order valence-corrected chi connectivity index (χ3v) is 4.77. The monoisotopic (exact) mass is 299 g/mol. The smallest absolute Gasteiger partial charge is 0.143 e. The van der Waals surface area contributed by atoms with Crippen molar-refractivity contribution in [2.45, 2.75) is 50.7 Å². The Morgan fingerprint density at radius 3 is 2.74 bits per heavy atom. The predicted octanol–water partition coefficient (Wildman–Crippen LogP) is 4.74. The van der Waals surface area contributed by atoms with E-state index in [1.807, 2.05) is 6.07 Å². The van der Waals surface area contributed by atoms with Gasteiger partial charge in [0, 0.05) is 23.0 Å². The van der Waals surface area contributed by atoms with Gasteiger partial charge in [0.2, 0.25) is 0 Å². The van der Waals surface area contributed by atoms with Crippen molar-refractivity contribution < 1.29 is 4.74 Å². The van der Waals surface area contributed by atoms with Crippen LogP contribution in [0.3, 0.4) is 0 Å². The van der Waals surface area contributed by atoms with E-state index in [2.05, 4.69) is 12.2 Å². The summed E-state index contributed by atoms with van der Waals surface area (Å²) in [6.07, 6.45) is 5.78. The van der Waals surface area contributed by atoms with E-state index >= 15 is 0 Å². The Bertz CT molecular complexity index is 483. The van der Waals surface area contributed by atoms with Crippen LogP contribution in [0.5, 0.6) is 5.75 Å². The molecule has 0 aromatic heterocycles. The van der Waals surface area contributed by atoms with Gasteiger partial charge in [-0.2, -0.15) is 0 Å². The number of halogens is 2. The summed E-state index contributed by atoms with van der Waals surface area (Å²) in [7, 11) is 0. The van der Waals surface area contributed by atoms with Crippen LogP contribution in [0, 0.1) is 0 Å². The van der Waals surface area contributed by atoms with E-state index in [-0.39, 0.29) is 5.60 Å². The Hall–Kier alpha value is -0.440. The summed E-state index contributed by atoms with van der Waals surface area (Å²) in [4.78, 5) is 0.